The Morgan fingerprint density at radius 2 is 1.86 bits per heavy atom. The van der Waals surface area contributed by atoms with Gasteiger partial charge in [-0.2, -0.15) is 0 Å². The fourth-order valence-corrected chi connectivity index (χ4v) is 3.36. The number of piperidine rings is 1. The molecule has 1 unspecified atom stereocenters. The molecule has 2 rings (SSSR count). The highest BCUT2D eigenvalue weighted by Gasteiger charge is 2.28. The van der Waals surface area contributed by atoms with Gasteiger partial charge in [0.15, 0.2) is 0 Å². The molecule has 0 aromatic heterocycles. The molecule has 124 valence electrons. The lowest BCUT2D eigenvalue weighted by molar-refractivity contribution is 0.197. The zero-order valence-corrected chi connectivity index (χ0v) is 14.2. The Morgan fingerprint density at radius 3 is 2.45 bits per heavy atom. The number of hydrogen-bond acceptors (Lipinski definition) is 4. The summed E-state index contributed by atoms with van der Waals surface area (Å²) in [5.41, 5.74) is 7.37. The summed E-state index contributed by atoms with van der Waals surface area (Å²) in [7, 11) is 2.19. The monoisotopic (exact) mass is 306 g/mol. The largest absolute Gasteiger partial charge is 0.494 e. The highest BCUT2D eigenvalue weighted by atomic mass is 16.5. The van der Waals surface area contributed by atoms with Gasteiger partial charge in [0.25, 0.3) is 0 Å². The van der Waals surface area contributed by atoms with Crippen molar-refractivity contribution < 1.29 is 9.47 Å². The summed E-state index contributed by atoms with van der Waals surface area (Å²) in [6.45, 7) is 8.32. The first-order valence-corrected chi connectivity index (χ1v) is 8.47. The second kappa shape index (κ2) is 8.39. The SMILES string of the molecule is CCOc1ccc(C(CN)C2CCN(C)CC2)c(OCC)c1. The standard InChI is InChI=1S/C18H30N2O2/c1-4-21-15-6-7-16(18(12-15)22-5-2)17(13-19)14-8-10-20(3)11-9-14/h6-7,12,14,17H,4-5,8-11,13,19H2,1-3H3. The van der Waals surface area contributed by atoms with Gasteiger partial charge in [-0.1, -0.05) is 6.07 Å². The zero-order valence-electron chi connectivity index (χ0n) is 14.2. The van der Waals surface area contributed by atoms with Crippen molar-refractivity contribution in [1.29, 1.82) is 0 Å². The smallest absolute Gasteiger partial charge is 0.126 e. The molecule has 0 bridgehead atoms. The van der Waals surface area contributed by atoms with Crippen LogP contribution in [0.15, 0.2) is 18.2 Å². The normalized spacial score (nSPS) is 18.2. The van der Waals surface area contributed by atoms with Crippen molar-refractivity contribution in [2.45, 2.75) is 32.6 Å². The second-order valence-electron chi connectivity index (χ2n) is 6.05. The van der Waals surface area contributed by atoms with E-state index in [1.54, 1.807) is 0 Å². The molecule has 1 aromatic carbocycles. The molecule has 2 N–H and O–H groups in total. The van der Waals surface area contributed by atoms with E-state index in [4.69, 9.17) is 15.2 Å². The van der Waals surface area contributed by atoms with E-state index in [-0.39, 0.29) is 0 Å². The van der Waals surface area contributed by atoms with Crippen LogP contribution in [0, 0.1) is 5.92 Å². The summed E-state index contributed by atoms with van der Waals surface area (Å²) in [4.78, 5) is 2.39. The van der Waals surface area contributed by atoms with Crippen LogP contribution in [0.4, 0.5) is 0 Å². The van der Waals surface area contributed by atoms with Gasteiger partial charge < -0.3 is 20.1 Å². The maximum Gasteiger partial charge on any atom is 0.126 e. The molecule has 22 heavy (non-hydrogen) atoms. The Morgan fingerprint density at radius 1 is 1.18 bits per heavy atom. The predicted molar refractivity (Wildman–Crippen MR) is 90.8 cm³/mol. The maximum atomic E-state index is 6.13. The molecule has 1 aromatic rings. The molecule has 0 radical (unpaired) electrons. The lowest BCUT2D eigenvalue weighted by Crippen LogP contribution is -2.34. The number of rotatable bonds is 7. The van der Waals surface area contributed by atoms with E-state index in [2.05, 4.69) is 18.0 Å². The minimum atomic E-state index is 0.367. The van der Waals surface area contributed by atoms with Crippen molar-refractivity contribution in [3.05, 3.63) is 23.8 Å². The van der Waals surface area contributed by atoms with E-state index in [1.165, 1.54) is 18.4 Å². The molecular formula is C18H30N2O2. The zero-order chi connectivity index (χ0) is 15.9. The van der Waals surface area contributed by atoms with E-state index in [0.29, 0.717) is 31.6 Å². The number of hydrogen-bond donors (Lipinski definition) is 1. The molecule has 1 heterocycles. The summed E-state index contributed by atoms with van der Waals surface area (Å²) in [5.74, 6) is 2.81. The number of nitrogens with zero attached hydrogens (tertiary/aromatic N) is 1. The molecular weight excluding hydrogens is 276 g/mol. The summed E-state index contributed by atoms with van der Waals surface area (Å²) in [6.07, 6.45) is 2.41. The van der Waals surface area contributed by atoms with Crippen molar-refractivity contribution in [2.75, 3.05) is 39.9 Å². The fraction of sp³-hybridized carbons (Fsp3) is 0.667. The van der Waals surface area contributed by atoms with Crippen LogP contribution in [-0.4, -0.2) is 44.8 Å². The molecule has 1 atom stereocenters. The molecule has 0 aliphatic carbocycles. The Balaban J connectivity index is 2.23. The van der Waals surface area contributed by atoms with Crippen LogP contribution in [0.1, 0.15) is 38.2 Å². The van der Waals surface area contributed by atoms with Crippen molar-refractivity contribution in [1.82, 2.24) is 4.90 Å². The third-order valence-corrected chi connectivity index (χ3v) is 4.58. The molecule has 0 amide bonds. The first-order valence-electron chi connectivity index (χ1n) is 8.47. The van der Waals surface area contributed by atoms with Gasteiger partial charge in [-0.25, -0.2) is 0 Å². The maximum absolute atomic E-state index is 6.13. The fourth-order valence-electron chi connectivity index (χ4n) is 3.36. The van der Waals surface area contributed by atoms with Crippen molar-refractivity contribution in [2.24, 2.45) is 11.7 Å². The second-order valence-corrected chi connectivity index (χ2v) is 6.05. The minimum Gasteiger partial charge on any atom is -0.494 e. The van der Waals surface area contributed by atoms with Crippen molar-refractivity contribution >= 4 is 0 Å². The molecule has 1 aliphatic rings. The van der Waals surface area contributed by atoms with Gasteiger partial charge in [-0.15, -0.1) is 0 Å². The third kappa shape index (κ3) is 4.14. The summed E-state index contributed by atoms with van der Waals surface area (Å²) in [5, 5.41) is 0. The average Bonchev–Trinajstić information content (AvgIpc) is 2.52. The molecule has 0 saturated carbocycles. The third-order valence-electron chi connectivity index (χ3n) is 4.58. The Bertz CT molecular complexity index is 456. The lowest BCUT2D eigenvalue weighted by Gasteiger charge is -2.34. The van der Waals surface area contributed by atoms with Crippen LogP contribution in [-0.2, 0) is 0 Å². The van der Waals surface area contributed by atoms with Gasteiger partial charge in [0.05, 0.1) is 13.2 Å². The van der Waals surface area contributed by atoms with Gasteiger partial charge in [0, 0.05) is 12.0 Å². The van der Waals surface area contributed by atoms with Crippen molar-refractivity contribution in [3.63, 3.8) is 0 Å². The highest BCUT2D eigenvalue weighted by molar-refractivity contribution is 5.43. The predicted octanol–water partition coefficient (Wildman–Crippen LogP) is 2.87. The number of nitrogens with two attached hydrogens (primary N) is 1. The van der Waals surface area contributed by atoms with Gasteiger partial charge in [0.2, 0.25) is 0 Å². The van der Waals surface area contributed by atoms with Crippen LogP contribution >= 0.6 is 0 Å². The quantitative estimate of drug-likeness (QED) is 0.841. The van der Waals surface area contributed by atoms with Crippen LogP contribution in [0.3, 0.4) is 0 Å². The molecule has 1 fully saturated rings. The molecule has 4 nitrogen and oxygen atoms in total. The Kier molecular flexibility index (Phi) is 6.52. The van der Waals surface area contributed by atoms with Crippen LogP contribution in [0.2, 0.25) is 0 Å². The van der Waals surface area contributed by atoms with E-state index in [0.717, 1.165) is 24.6 Å². The topological polar surface area (TPSA) is 47.7 Å². The molecule has 0 spiro atoms. The van der Waals surface area contributed by atoms with E-state index < -0.39 is 0 Å². The number of ether oxygens (including phenoxy) is 2. The van der Waals surface area contributed by atoms with Gasteiger partial charge in [0.1, 0.15) is 11.5 Å². The number of likely N-dealkylation sites (tertiary alicyclic amines) is 1. The van der Waals surface area contributed by atoms with Crippen LogP contribution in [0.25, 0.3) is 0 Å². The summed E-state index contributed by atoms with van der Waals surface area (Å²) >= 11 is 0. The van der Waals surface area contributed by atoms with Gasteiger partial charge >= 0.3 is 0 Å². The van der Waals surface area contributed by atoms with Crippen LogP contribution < -0.4 is 15.2 Å². The highest BCUT2D eigenvalue weighted by Crippen LogP contribution is 2.38. The first-order chi connectivity index (χ1) is 10.7. The average molecular weight is 306 g/mol. The Labute approximate surface area is 134 Å². The van der Waals surface area contributed by atoms with Crippen LogP contribution in [0.5, 0.6) is 11.5 Å². The lowest BCUT2D eigenvalue weighted by atomic mass is 9.79. The first kappa shape index (κ1) is 17.1. The minimum absolute atomic E-state index is 0.367. The van der Waals surface area contributed by atoms with E-state index in [1.807, 2.05) is 26.0 Å². The molecule has 1 aliphatic heterocycles. The van der Waals surface area contributed by atoms with Crippen molar-refractivity contribution in [3.8, 4) is 11.5 Å². The molecule has 1 saturated heterocycles. The Hall–Kier alpha value is -1.26. The van der Waals surface area contributed by atoms with Gasteiger partial charge in [-0.05, 0) is 70.9 Å². The van der Waals surface area contributed by atoms with E-state index in [9.17, 15) is 0 Å². The summed E-state index contributed by atoms with van der Waals surface area (Å²) < 4.78 is 11.5. The van der Waals surface area contributed by atoms with E-state index >= 15 is 0 Å². The summed E-state index contributed by atoms with van der Waals surface area (Å²) in [6, 6.07) is 6.20. The number of benzene rings is 1. The molecule has 4 heteroatoms. The van der Waals surface area contributed by atoms with Gasteiger partial charge in [-0.3, -0.25) is 0 Å².